The summed E-state index contributed by atoms with van der Waals surface area (Å²) < 4.78 is 35.3. The second kappa shape index (κ2) is 5.50. The number of Topliss-reactive ketones (excluding diaryl/α,β-unsaturated/α-hetero) is 1. The van der Waals surface area contributed by atoms with Crippen molar-refractivity contribution in [3.05, 3.63) is 40.6 Å². The van der Waals surface area contributed by atoms with E-state index >= 15 is 0 Å². The van der Waals surface area contributed by atoms with Crippen LogP contribution in [0.4, 0.5) is 0 Å². The largest absolute Gasteiger partial charge is 0.486 e. The Morgan fingerprint density at radius 3 is 2.62 bits per heavy atom. The Hall–Kier alpha value is -1.86. The Morgan fingerprint density at radius 1 is 1.14 bits per heavy atom. The number of benzene rings is 1. The number of hydrogen-bond acceptors (Lipinski definition) is 6. The van der Waals surface area contributed by atoms with Crippen molar-refractivity contribution < 1.29 is 22.7 Å². The standard InChI is InChI=1S/C14H12O5S2/c15-11(14-2-1-7-20-14)9-21(16,17)10-3-4-12-13(8-10)19-6-5-18-12/h1-4,7-8H,5-6,9H2. The number of rotatable bonds is 4. The van der Waals surface area contributed by atoms with Gasteiger partial charge in [-0.3, -0.25) is 4.79 Å². The van der Waals surface area contributed by atoms with Crippen LogP contribution >= 0.6 is 11.3 Å². The summed E-state index contributed by atoms with van der Waals surface area (Å²) in [6, 6.07) is 7.73. The van der Waals surface area contributed by atoms with Gasteiger partial charge in [0.1, 0.15) is 19.0 Å². The number of thiophene rings is 1. The zero-order chi connectivity index (χ0) is 14.9. The third-order valence-electron chi connectivity index (χ3n) is 2.99. The summed E-state index contributed by atoms with van der Waals surface area (Å²) in [4.78, 5) is 12.5. The van der Waals surface area contributed by atoms with E-state index in [2.05, 4.69) is 0 Å². The van der Waals surface area contributed by atoms with E-state index in [0.717, 1.165) is 0 Å². The van der Waals surface area contributed by atoms with Crippen molar-refractivity contribution in [1.29, 1.82) is 0 Å². The fourth-order valence-corrected chi connectivity index (χ4v) is 3.97. The molecule has 1 aromatic heterocycles. The van der Waals surface area contributed by atoms with Crippen LogP contribution in [0.3, 0.4) is 0 Å². The van der Waals surface area contributed by atoms with Crippen LogP contribution in [0.5, 0.6) is 11.5 Å². The summed E-state index contributed by atoms with van der Waals surface area (Å²) in [6.07, 6.45) is 0. The van der Waals surface area contributed by atoms with E-state index in [9.17, 15) is 13.2 Å². The average molecular weight is 324 g/mol. The summed E-state index contributed by atoms with van der Waals surface area (Å²) >= 11 is 1.23. The lowest BCUT2D eigenvalue weighted by Gasteiger charge is -2.18. The minimum absolute atomic E-state index is 0.0663. The highest BCUT2D eigenvalue weighted by atomic mass is 32.2. The molecule has 3 rings (SSSR count). The van der Waals surface area contributed by atoms with Crippen LogP contribution in [0.1, 0.15) is 9.67 Å². The molecular formula is C14H12O5S2. The molecule has 0 saturated carbocycles. The average Bonchev–Trinajstić information content (AvgIpc) is 3.00. The third-order valence-corrected chi connectivity index (χ3v) is 5.52. The highest BCUT2D eigenvalue weighted by Gasteiger charge is 2.23. The van der Waals surface area contributed by atoms with E-state index < -0.39 is 21.4 Å². The molecular weight excluding hydrogens is 312 g/mol. The molecule has 2 heterocycles. The van der Waals surface area contributed by atoms with Crippen molar-refractivity contribution >= 4 is 27.0 Å². The minimum atomic E-state index is -3.70. The Kier molecular flexibility index (Phi) is 3.69. The van der Waals surface area contributed by atoms with Crippen LogP contribution in [-0.4, -0.2) is 33.2 Å². The molecule has 0 fully saturated rings. The molecule has 0 atom stereocenters. The number of sulfone groups is 1. The van der Waals surface area contributed by atoms with Crippen molar-refractivity contribution in [1.82, 2.24) is 0 Å². The van der Waals surface area contributed by atoms with Crippen LogP contribution in [0.25, 0.3) is 0 Å². The summed E-state index contributed by atoms with van der Waals surface area (Å²) in [5, 5.41) is 1.74. The predicted octanol–water partition coefficient (Wildman–Crippen LogP) is 2.18. The third kappa shape index (κ3) is 2.93. The second-order valence-electron chi connectivity index (χ2n) is 4.47. The predicted molar refractivity (Wildman–Crippen MR) is 78.1 cm³/mol. The first kappa shape index (κ1) is 14.1. The number of carbonyl (C=O) groups excluding carboxylic acids is 1. The molecule has 7 heteroatoms. The molecule has 0 aliphatic carbocycles. The van der Waals surface area contributed by atoms with E-state index in [0.29, 0.717) is 29.6 Å². The van der Waals surface area contributed by atoms with Gasteiger partial charge in [0.15, 0.2) is 27.1 Å². The number of hydrogen-bond donors (Lipinski definition) is 0. The maximum Gasteiger partial charge on any atom is 0.188 e. The molecule has 0 saturated heterocycles. The van der Waals surface area contributed by atoms with E-state index in [4.69, 9.17) is 9.47 Å². The van der Waals surface area contributed by atoms with Gasteiger partial charge in [0.2, 0.25) is 0 Å². The lowest BCUT2D eigenvalue weighted by molar-refractivity contribution is 0.102. The molecule has 110 valence electrons. The topological polar surface area (TPSA) is 69.7 Å². The molecule has 21 heavy (non-hydrogen) atoms. The summed E-state index contributed by atoms with van der Waals surface area (Å²) in [5.41, 5.74) is 0. The van der Waals surface area contributed by atoms with Gasteiger partial charge in [0, 0.05) is 6.07 Å². The number of ether oxygens (including phenoxy) is 2. The highest BCUT2D eigenvalue weighted by molar-refractivity contribution is 7.92. The van der Waals surface area contributed by atoms with Crippen LogP contribution < -0.4 is 9.47 Å². The number of ketones is 1. The molecule has 0 radical (unpaired) electrons. The Labute approximate surface area is 126 Å². The zero-order valence-electron chi connectivity index (χ0n) is 10.9. The van der Waals surface area contributed by atoms with Crippen molar-refractivity contribution in [3.63, 3.8) is 0 Å². The van der Waals surface area contributed by atoms with E-state index in [1.54, 1.807) is 23.6 Å². The minimum Gasteiger partial charge on any atom is -0.486 e. The molecule has 2 aromatic rings. The highest BCUT2D eigenvalue weighted by Crippen LogP contribution is 2.32. The van der Waals surface area contributed by atoms with Crippen LogP contribution in [-0.2, 0) is 9.84 Å². The van der Waals surface area contributed by atoms with Crippen molar-refractivity contribution in [2.24, 2.45) is 0 Å². The van der Waals surface area contributed by atoms with Crippen LogP contribution in [0.2, 0.25) is 0 Å². The molecule has 0 bridgehead atoms. The summed E-state index contributed by atoms with van der Waals surface area (Å²) in [7, 11) is -3.70. The van der Waals surface area contributed by atoms with Gasteiger partial charge >= 0.3 is 0 Å². The number of fused-ring (bicyclic) bond motifs is 1. The summed E-state index contributed by atoms with van der Waals surface area (Å²) in [6.45, 7) is 0.820. The Bertz CT molecular complexity index is 763. The van der Waals surface area contributed by atoms with Crippen molar-refractivity contribution in [3.8, 4) is 11.5 Å². The van der Waals surface area contributed by atoms with Gasteiger partial charge in [-0.1, -0.05) is 6.07 Å². The van der Waals surface area contributed by atoms with E-state index in [1.807, 2.05) is 0 Å². The van der Waals surface area contributed by atoms with Crippen LogP contribution in [0.15, 0.2) is 40.6 Å². The van der Waals surface area contributed by atoms with Gasteiger partial charge in [0.25, 0.3) is 0 Å². The Balaban J connectivity index is 1.86. The van der Waals surface area contributed by atoms with Gasteiger partial charge in [0.05, 0.1) is 9.77 Å². The first-order valence-corrected chi connectivity index (χ1v) is 8.78. The van der Waals surface area contributed by atoms with Crippen LogP contribution in [0, 0.1) is 0 Å². The first-order chi connectivity index (χ1) is 10.1. The Morgan fingerprint density at radius 2 is 1.90 bits per heavy atom. The lowest BCUT2D eigenvalue weighted by atomic mass is 10.3. The molecule has 0 N–H and O–H groups in total. The first-order valence-electron chi connectivity index (χ1n) is 6.25. The fraction of sp³-hybridized carbons (Fsp3) is 0.214. The molecule has 0 spiro atoms. The van der Waals surface area contributed by atoms with Crippen molar-refractivity contribution in [2.75, 3.05) is 19.0 Å². The molecule has 0 unspecified atom stereocenters. The van der Waals surface area contributed by atoms with Gasteiger partial charge in [-0.2, -0.15) is 0 Å². The molecule has 1 aliphatic rings. The molecule has 1 aliphatic heterocycles. The van der Waals surface area contributed by atoms with Gasteiger partial charge < -0.3 is 9.47 Å². The smallest absolute Gasteiger partial charge is 0.188 e. The van der Waals surface area contributed by atoms with Crippen molar-refractivity contribution in [2.45, 2.75) is 4.90 Å². The molecule has 5 nitrogen and oxygen atoms in total. The normalized spacial score (nSPS) is 13.9. The lowest BCUT2D eigenvalue weighted by Crippen LogP contribution is -2.18. The van der Waals surface area contributed by atoms with E-state index in [-0.39, 0.29) is 4.90 Å². The molecule has 1 aromatic carbocycles. The summed E-state index contributed by atoms with van der Waals surface area (Å²) in [5.74, 6) is -0.0387. The number of carbonyl (C=O) groups is 1. The quantitative estimate of drug-likeness (QED) is 0.806. The van der Waals surface area contributed by atoms with Gasteiger partial charge in [-0.25, -0.2) is 8.42 Å². The zero-order valence-corrected chi connectivity index (χ0v) is 12.6. The van der Waals surface area contributed by atoms with Gasteiger partial charge in [-0.05, 0) is 23.6 Å². The second-order valence-corrected chi connectivity index (χ2v) is 7.40. The fourth-order valence-electron chi connectivity index (χ4n) is 1.98. The monoisotopic (exact) mass is 324 g/mol. The maximum absolute atomic E-state index is 12.3. The van der Waals surface area contributed by atoms with E-state index in [1.165, 1.54) is 23.5 Å². The maximum atomic E-state index is 12.3. The SMILES string of the molecule is O=C(CS(=O)(=O)c1ccc2c(c1)OCCO2)c1cccs1. The molecule has 0 amide bonds. The van der Waals surface area contributed by atoms with Gasteiger partial charge in [-0.15, -0.1) is 11.3 Å².